The smallest absolute Gasteiger partial charge is 0.431 e. The molecule has 6 rings (SSSR count). The number of nitrogens with zero attached hydrogens (tertiary/aromatic N) is 2. The van der Waals surface area contributed by atoms with Crippen LogP contribution in [0.3, 0.4) is 0 Å². The summed E-state index contributed by atoms with van der Waals surface area (Å²) in [7, 11) is 2.96. The fraction of sp³-hybridized carbons (Fsp3) is 0.435. The van der Waals surface area contributed by atoms with Crippen molar-refractivity contribution in [2.75, 3.05) is 66.8 Å². The number of hydrogen-bond donors (Lipinski definition) is 5. The molecule has 0 aromatic heterocycles. The lowest BCUT2D eigenvalue weighted by atomic mass is 9.89. The van der Waals surface area contributed by atoms with Gasteiger partial charge in [-0.3, -0.25) is 24.1 Å². The first-order valence-electron chi connectivity index (χ1n) is 21.3. The standard InChI is InChI=1S/C46H54N4O17/c1-46(2,3)67-44(58)48-64-21-20-62-19-18-61-17-14-47-39(53)31-22-26(10-12-34(31)65-43-38(52)32(51)24-35(66-43)42(56)57)25-63-45(59)49(4)15-16-50-40(54)29-11-13-33(60-5)30-23-27-8-6-7-9-28(27)37(36(29)30)41(50)55/h6-13,22-23,32,35,38,43,51-52H,14-21,24-25H2,1-5H3,(H,47,53)(H,48,58)(H,56,57)/t32-,35-,38+,43+/m0/s1. The van der Waals surface area contributed by atoms with E-state index in [1.807, 2.05) is 30.3 Å². The van der Waals surface area contributed by atoms with E-state index < -0.39 is 72.5 Å². The number of aliphatic carboxylic acids is 1. The van der Waals surface area contributed by atoms with Gasteiger partial charge in [0.15, 0.2) is 6.10 Å². The summed E-state index contributed by atoms with van der Waals surface area (Å²) >= 11 is 0. The van der Waals surface area contributed by atoms with Crippen molar-refractivity contribution in [2.24, 2.45) is 0 Å². The zero-order valence-corrected chi connectivity index (χ0v) is 37.6. The molecule has 0 unspecified atom stereocenters. The molecule has 21 heteroatoms. The van der Waals surface area contributed by atoms with Gasteiger partial charge in [0.25, 0.3) is 17.7 Å². The number of imide groups is 1. The lowest BCUT2D eigenvalue weighted by molar-refractivity contribution is -0.238. The minimum atomic E-state index is -1.67. The van der Waals surface area contributed by atoms with E-state index in [0.29, 0.717) is 38.6 Å². The molecule has 5 N–H and O–H groups in total. The predicted molar refractivity (Wildman–Crippen MR) is 235 cm³/mol. The third kappa shape index (κ3) is 12.4. The number of aliphatic hydroxyl groups is 2. The molecule has 2 aliphatic heterocycles. The molecule has 2 heterocycles. The summed E-state index contributed by atoms with van der Waals surface area (Å²) in [5.74, 6) is -2.75. The monoisotopic (exact) mass is 934 g/mol. The molecule has 1 saturated heterocycles. The van der Waals surface area contributed by atoms with E-state index in [1.54, 1.807) is 32.9 Å². The van der Waals surface area contributed by atoms with E-state index in [-0.39, 0.29) is 70.6 Å². The number of ether oxygens (including phenoxy) is 7. The number of hydroxylamine groups is 1. The van der Waals surface area contributed by atoms with E-state index >= 15 is 0 Å². The number of rotatable bonds is 20. The summed E-state index contributed by atoms with van der Waals surface area (Å²) in [6.07, 6.45) is -8.27. The van der Waals surface area contributed by atoms with Crippen molar-refractivity contribution in [1.82, 2.24) is 20.6 Å². The molecule has 5 amide bonds. The zero-order chi connectivity index (χ0) is 48.4. The number of nitrogens with one attached hydrogen (secondary N) is 2. The van der Waals surface area contributed by atoms with Crippen LogP contribution in [0.1, 0.15) is 63.8 Å². The second-order valence-electron chi connectivity index (χ2n) is 16.5. The first-order valence-corrected chi connectivity index (χ1v) is 21.3. The Kier molecular flexibility index (Phi) is 16.5. The van der Waals surface area contributed by atoms with Gasteiger partial charge in [0.05, 0.1) is 57.4 Å². The molecule has 21 nitrogen and oxygen atoms in total. The number of benzene rings is 4. The van der Waals surface area contributed by atoms with Crippen LogP contribution in [0.5, 0.6) is 11.5 Å². The Hall–Kier alpha value is -6.62. The van der Waals surface area contributed by atoms with Crippen LogP contribution in [0.2, 0.25) is 0 Å². The molecular formula is C46H54N4O17. The Bertz CT molecular complexity index is 2470. The largest absolute Gasteiger partial charge is 0.496 e. The maximum Gasteiger partial charge on any atom is 0.431 e. The van der Waals surface area contributed by atoms with Crippen LogP contribution in [0, 0.1) is 0 Å². The van der Waals surface area contributed by atoms with Crippen molar-refractivity contribution >= 4 is 57.4 Å². The van der Waals surface area contributed by atoms with Gasteiger partial charge in [0.2, 0.25) is 6.29 Å². The van der Waals surface area contributed by atoms with E-state index in [4.69, 9.17) is 38.0 Å². The summed E-state index contributed by atoms with van der Waals surface area (Å²) in [6, 6.07) is 16.7. The molecular weight excluding hydrogens is 881 g/mol. The van der Waals surface area contributed by atoms with Crippen molar-refractivity contribution in [1.29, 1.82) is 0 Å². The fourth-order valence-corrected chi connectivity index (χ4v) is 7.23. The number of carbonyl (C=O) groups excluding carboxylic acids is 5. The van der Waals surface area contributed by atoms with Gasteiger partial charge < -0.3 is 58.7 Å². The molecule has 67 heavy (non-hydrogen) atoms. The Morgan fingerprint density at radius 2 is 1.61 bits per heavy atom. The maximum absolute atomic E-state index is 14.0. The van der Waals surface area contributed by atoms with Crippen LogP contribution in [-0.2, 0) is 39.9 Å². The van der Waals surface area contributed by atoms with Crippen LogP contribution in [0.15, 0.2) is 60.7 Å². The van der Waals surface area contributed by atoms with E-state index in [9.17, 15) is 44.1 Å². The van der Waals surface area contributed by atoms with Crippen LogP contribution in [-0.4, -0.2) is 158 Å². The molecule has 0 radical (unpaired) electrons. The van der Waals surface area contributed by atoms with Crippen LogP contribution in [0.25, 0.3) is 21.5 Å². The molecule has 0 saturated carbocycles. The highest BCUT2D eigenvalue weighted by atomic mass is 16.7. The third-order valence-electron chi connectivity index (χ3n) is 10.5. The summed E-state index contributed by atoms with van der Waals surface area (Å²) in [5, 5.41) is 35.7. The SMILES string of the molecule is COc1ccc2c3c(c4ccccc4cc13)C(=O)N(CCN(C)C(=O)OCc1ccc(O[C@@H]3O[C@H](C(=O)O)C[C@H](O)[C@H]3O)c(C(=O)NCCOCCOCCONC(=O)OC(C)(C)C)c1)C2=O. The van der Waals surface area contributed by atoms with Gasteiger partial charge in [-0.05, 0) is 67.4 Å². The average Bonchev–Trinajstić information content (AvgIpc) is 3.29. The minimum Gasteiger partial charge on any atom is -0.496 e. The number of carboxylic acid groups (broad SMARTS) is 1. The second kappa shape index (κ2) is 22.2. The topological polar surface area (TPSA) is 267 Å². The van der Waals surface area contributed by atoms with Gasteiger partial charge in [-0.1, -0.05) is 30.3 Å². The number of fused-ring (bicyclic) bond motifs is 2. The molecule has 1 fully saturated rings. The van der Waals surface area contributed by atoms with E-state index in [1.165, 1.54) is 37.3 Å². The molecule has 0 spiro atoms. The lowest BCUT2D eigenvalue weighted by Crippen LogP contribution is -2.52. The van der Waals surface area contributed by atoms with Crippen molar-refractivity contribution < 1.29 is 82.1 Å². The quantitative estimate of drug-likeness (QED) is 0.0368. The first kappa shape index (κ1) is 49.8. The second-order valence-corrected chi connectivity index (χ2v) is 16.5. The van der Waals surface area contributed by atoms with Gasteiger partial charge in [0, 0.05) is 49.4 Å². The van der Waals surface area contributed by atoms with Gasteiger partial charge in [-0.15, -0.1) is 0 Å². The Labute approximate surface area is 384 Å². The Morgan fingerprint density at radius 1 is 0.896 bits per heavy atom. The summed E-state index contributed by atoms with van der Waals surface area (Å²) in [4.78, 5) is 85.2. The van der Waals surface area contributed by atoms with E-state index in [2.05, 4.69) is 10.8 Å². The number of amides is 5. The van der Waals surface area contributed by atoms with Crippen molar-refractivity contribution in [3.8, 4) is 11.5 Å². The molecule has 4 atom stereocenters. The molecule has 2 aliphatic rings. The molecule has 4 aromatic carbocycles. The van der Waals surface area contributed by atoms with Crippen molar-refractivity contribution in [2.45, 2.75) is 64.0 Å². The van der Waals surface area contributed by atoms with Gasteiger partial charge in [-0.2, -0.15) is 5.48 Å². The summed E-state index contributed by atoms with van der Waals surface area (Å²) in [5.41, 5.74) is 2.35. The highest BCUT2D eigenvalue weighted by Gasteiger charge is 2.42. The lowest BCUT2D eigenvalue weighted by Gasteiger charge is -2.35. The zero-order valence-electron chi connectivity index (χ0n) is 37.6. The average molecular weight is 935 g/mol. The molecule has 360 valence electrons. The molecule has 0 bridgehead atoms. The van der Waals surface area contributed by atoms with E-state index in [0.717, 1.165) is 10.3 Å². The maximum atomic E-state index is 14.0. The normalized spacial score (nSPS) is 18.1. The van der Waals surface area contributed by atoms with Crippen LogP contribution >= 0.6 is 0 Å². The van der Waals surface area contributed by atoms with Crippen LogP contribution < -0.4 is 20.3 Å². The highest BCUT2D eigenvalue weighted by Crippen LogP contribution is 2.40. The Morgan fingerprint density at radius 3 is 2.34 bits per heavy atom. The first-order chi connectivity index (χ1) is 32.0. The van der Waals surface area contributed by atoms with Crippen LogP contribution in [0.4, 0.5) is 9.59 Å². The number of carboxylic acids is 1. The minimum absolute atomic E-state index is 0.0146. The molecule has 4 aromatic rings. The number of methoxy groups -OCH3 is 1. The van der Waals surface area contributed by atoms with Crippen molar-refractivity contribution in [3.05, 3.63) is 82.9 Å². The third-order valence-corrected chi connectivity index (χ3v) is 10.5. The van der Waals surface area contributed by atoms with Gasteiger partial charge >= 0.3 is 18.2 Å². The molecule has 0 aliphatic carbocycles. The fourth-order valence-electron chi connectivity index (χ4n) is 7.23. The van der Waals surface area contributed by atoms with Crippen molar-refractivity contribution in [3.63, 3.8) is 0 Å². The Balaban J connectivity index is 1.04. The summed E-state index contributed by atoms with van der Waals surface area (Å²) in [6.45, 7) is 5.18. The van der Waals surface area contributed by atoms with Gasteiger partial charge in [0.1, 0.15) is 29.8 Å². The highest BCUT2D eigenvalue weighted by molar-refractivity contribution is 6.31. The number of likely N-dealkylation sites (N-methyl/N-ethyl adjacent to an activating group) is 1. The number of carbonyl (C=O) groups is 6. The predicted octanol–water partition coefficient (Wildman–Crippen LogP) is 3.39. The number of aliphatic hydroxyl groups excluding tert-OH is 2. The van der Waals surface area contributed by atoms with Gasteiger partial charge in [-0.25, -0.2) is 14.4 Å². The summed E-state index contributed by atoms with van der Waals surface area (Å²) < 4.78 is 38.2. The number of hydrogen-bond acceptors (Lipinski definition) is 16.